The van der Waals surface area contributed by atoms with Crippen LogP contribution in [0.1, 0.15) is 12.5 Å². The molecule has 0 saturated carbocycles. The quantitative estimate of drug-likeness (QED) is 0.362. The maximum atomic E-state index is 5.44. The topological polar surface area (TPSA) is 13.6 Å². The maximum Gasteiger partial charge on any atom is 0.119 e. The van der Waals surface area contributed by atoms with Crippen LogP contribution in [0.2, 0.25) is 0 Å². The molecule has 0 radical (unpaired) electrons. The number of hydrogen-bond acceptors (Lipinski definition) is 1. The van der Waals surface area contributed by atoms with Crippen molar-refractivity contribution in [3.8, 4) is 17.0 Å². The highest BCUT2D eigenvalue weighted by molar-refractivity contribution is 6.05. The molecule has 2 nitrogen and oxygen atoms in total. The van der Waals surface area contributed by atoms with Crippen molar-refractivity contribution in [1.29, 1.82) is 0 Å². The van der Waals surface area contributed by atoms with Crippen LogP contribution in [0.15, 0.2) is 78.9 Å². The number of pyridine rings is 1. The lowest BCUT2D eigenvalue weighted by molar-refractivity contribution is 0.415. The molecule has 5 rings (SSSR count). The summed E-state index contributed by atoms with van der Waals surface area (Å²) in [4.78, 5) is 0. The fraction of sp³-hybridized carbons (Fsp3) is 0.120. The summed E-state index contributed by atoms with van der Waals surface area (Å²) >= 11 is 0. The molecule has 2 heterocycles. The summed E-state index contributed by atoms with van der Waals surface area (Å²) in [6, 6.07) is 28.4. The van der Waals surface area contributed by atoms with Crippen LogP contribution in [0.4, 0.5) is 0 Å². The van der Waals surface area contributed by atoms with Crippen molar-refractivity contribution >= 4 is 27.2 Å². The number of aromatic nitrogens is 1. The monoisotopic (exact) mass is 351 g/mol. The Kier molecular flexibility index (Phi) is 3.64. The highest BCUT2D eigenvalue weighted by atomic mass is 16.5. The average Bonchev–Trinajstić information content (AvgIpc) is 3.12. The van der Waals surface area contributed by atoms with E-state index in [9.17, 15) is 0 Å². The third-order valence-electron chi connectivity index (χ3n) is 5.44. The highest BCUT2D eigenvalue weighted by Gasteiger charge is 2.13. The molecule has 0 aliphatic heterocycles. The summed E-state index contributed by atoms with van der Waals surface area (Å²) in [6.45, 7) is 2.19. The first-order valence-electron chi connectivity index (χ1n) is 9.39. The minimum absolute atomic E-state index is 0.886. The minimum Gasteiger partial charge on any atom is -0.497 e. The average molecular weight is 351 g/mol. The van der Waals surface area contributed by atoms with E-state index in [1.807, 2.05) is 6.07 Å². The van der Waals surface area contributed by atoms with Gasteiger partial charge in [-0.3, -0.25) is 0 Å². The molecule has 0 atom stereocenters. The predicted octanol–water partition coefficient (Wildman–Crippen LogP) is 6.48. The largest absolute Gasteiger partial charge is 0.497 e. The Labute approximate surface area is 158 Å². The van der Waals surface area contributed by atoms with Gasteiger partial charge >= 0.3 is 0 Å². The van der Waals surface area contributed by atoms with Gasteiger partial charge in [0.2, 0.25) is 0 Å². The molecule has 0 aliphatic rings. The number of rotatable bonds is 3. The molecule has 3 aromatic carbocycles. The summed E-state index contributed by atoms with van der Waals surface area (Å²) in [5.74, 6) is 0.886. The second-order valence-electron chi connectivity index (χ2n) is 6.96. The van der Waals surface area contributed by atoms with E-state index in [2.05, 4.69) is 84.1 Å². The first kappa shape index (κ1) is 16.0. The normalized spacial score (nSPS) is 11.5. The fourth-order valence-corrected chi connectivity index (χ4v) is 3.97. The van der Waals surface area contributed by atoms with Gasteiger partial charge in [0, 0.05) is 10.8 Å². The highest BCUT2D eigenvalue weighted by Crippen LogP contribution is 2.34. The van der Waals surface area contributed by atoms with Crippen LogP contribution in [0.3, 0.4) is 0 Å². The van der Waals surface area contributed by atoms with E-state index in [4.69, 9.17) is 4.74 Å². The van der Waals surface area contributed by atoms with Crippen molar-refractivity contribution in [2.75, 3.05) is 7.11 Å². The molecule has 0 fully saturated rings. The molecule has 132 valence electrons. The molecule has 27 heavy (non-hydrogen) atoms. The second kappa shape index (κ2) is 6.17. The van der Waals surface area contributed by atoms with Gasteiger partial charge in [-0.05, 0) is 53.3 Å². The summed E-state index contributed by atoms with van der Waals surface area (Å²) in [5, 5.41) is 3.72. The Morgan fingerprint density at radius 3 is 2.37 bits per heavy atom. The Morgan fingerprint density at radius 2 is 1.59 bits per heavy atom. The lowest BCUT2D eigenvalue weighted by atomic mass is 10.0. The molecule has 2 aromatic heterocycles. The van der Waals surface area contributed by atoms with Crippen LogP contribution in [0, 0.1) is 0 Å². The van der Waals surface area contributed by atoms with Gasteiger partial charge in [0.25, 0.3) is 0 Å². The van der Waals surface area contributed by atoms with E-state index in [1.165, 1.54) is 44.0 Å². The Balaban J connectivity index is 1.91. The van der Waals surface area contributed by atoms with Gasteiger partial charge < -0.3 is 9.14 Å². The summed E-state index contributed by atoms with van der Waals surface area (Å²) in [5.41, 5.74) is 6.23. The lowest BCUT2D eigenvalue weighted by Crippen LogP contribution is -1.94. The van der Waals surface area contributed by atoms with Crippen molar-refractivity contribution in [3.63, 3.8) is 0 Å². The molecule has 2 heteroatoms. The van der Waals surface area contributed by atoms with Gasteiger partial charge in [0.1, 0.15) is 5.75 Å². The molecular formula is C25H21NO. The Bertz CT molecular complexity index is 1280. The Morgan fingerprint density at radius 1 is 0.778 bits per heavy atom. The van der Waals surface area contributed by atoms with E-state index in [-0.39, 0.29) is 0 Å². The second-order valence-corrected chi connectivity index (χ2v) is 6.96. The summed E-state index contributed by atoms with van der Waals surface area (Å²) in [7, 11) is 1.72. The molecule has 0 N–H and O–H groups in total. The zero-order valence-corrected chi connectivity index (χ0v) is 15.6. The van der Waals surface area contributed by atoms with Crippen LogP contribution < -0.4 is 4.74 Å². The fourth-order valence-electron chi connectivity index (χ4n) is 3.97. The molecule has 0 saturated heterocycles. The summed E-state index contributed by atoms with van der Waals surface area (Å²) < 4.78 is 7.81. The molecular weight excluding hydrogens is 330 g/mol. The van der Waals surface area contributed by atoms with Crippen LogP contribution >= 0.6 is 0 Å². The lowest BCUT2D eigenvalue weighted by Gasteiger charge is -2.12. The van der Waals surface area contributed by atoms with Crippen molar-refractivity contribution < 1.29 is 4.74 Å². The minimum atomic E-state index is 0.886. The van der Waals surface area contributed by atoms with Crippen molar-refractivity contribution in [1.82, 2.24) is 4.40 Å². The number of nitrogens with zero attached hydrogens (tertiary/aromatic N) is 1. The molecule has 0 spiro atoms. The summed E-state index contributed by atoms with van der Waals surface area (Å²) in [6.07, 6.45) is 1.06. The van der Waals surface area contributed by atoms with E-state index in [0.29, 0.717) is 0 Å². The van der Waals surface area contributed by atoms with Gasteiger partial charge in [-0.25, -0.2) is 0 Å². The molecule has 5 aromatic rings. The maximum absolute atomic E-state index is 5.44. The van der Waals surface area contributed by atoms with Crippen molar-refractivity contribution in [2.45, 2.75) is 13.3 Å². The number of methoxy groups -OCH3 is 1. The molecule has 0 aliphatic carbocycles. The van der Waals surface area contributed by atoms with Gasteiger partial charge in [0.05, 0.1) is 23.8 Å². The third-order valence-corrected chi connectivity index (χ3v) is 5.44. The zero-order valence-electron chi connectivity index (χ0n) is 15.6. The van der Waals surface area contributed by atoms with Gasteiger partial charge in [-0.2, -0.15) is 0 Å². The molecule has 0 amide bonds. The molecule has 0 bridgehead atoms. The van der Waals surface area contributed by atoms with E-state index >= 15 is 0 Å². The first-order valence-corrected chi connectivity index (χ1v) is 9.39. The van der Waals surface area contributed by atoms with Crippen LogP contribution in [-0.2, 0) is 6.42 Å². The number of benzene rings is 3. The van der Waals surface area contributed by atoms with Crippen LogP contribution in [0.5, 0.6) is 5.75 Å². The third kappa shape index (κ3) is 2.48. The van der Waals surface area contributed by atoms with E-state index in [1.54, 1.807) is 7.11 Å². The zero-order chi connectivity index (χ0) is 18.4. The standard InChI is InChI=1S/C25H21NO/c1-3-17-8-10-18(11-9-17)24-15-19-6-4-5-7-22(19)25-16-20-14-21(27-2)12-13-23(20)26(24)25/h4-16H,3H2,1-2H3. The number of aryl methyl sites for hydroxylation is 1. The SMILES string of the molecule is CCc1ccc(-c2cc3ccccc3c3cc4cc(OC)ccc4n23)cc1. The van der Waals surface area contributed by atoms with Crippen LogP contribution in [0.25, 0.3) is 38.4 Å². The Hall–Kier alpha value is -3.26. The van der Waals surface area contributed by atoms with Crippen molar-refractivity contribution in [2.24, 2.45) is 0 Å². The smallest absolute Gasteiger partial charge is 0.119 e. The van der Waals surface area contributed by atoms with E-state index < -0.39 is 0 Å². The van der Waals surface area contributed by atoms with Gasteiger partial charge in [-0.15, -0.1) is 0 Å². The first-order chi connectivity index (χ1) is 13.3. The number of hydrogen-bond donors (Lipinski definition) is 0. The predicted molar refractivity (Wildman–Crippen MR) is 114 cm³/mol. The van der Waals surface area contributed by atoms with Crippen LogP contribution in [-0.4, -0.2) is 11.5 Å². The number of ether oxygens (including phenoxy) is 1. The molecule has 0 unspecified atom stereocenters. The van der Waals surface area contributed by atoms with Crippen molar-refractivity contribution in [3.05, 3.63) is 84.4 Å². The van der Waals surface area contributed by atoms with E-state index in [0.717, 1.165) is 12.2 Å². The van der Waals surface area contributed by atoms with Gasteiger partial charge in [-0.1, -0.05) is 55.5 Å². The number of fused-ring (bicyclic) bond motifs is 5. The van der Waals surface area contributed by atoms with Gasteiger partial charge in [0.15, 0.2) is 0 Å².